The van der Waals surface area contributed by atoms with Crippen LogP contribution in [-0.2, 0) is 25.6 Å². The van der Waals surface area contributed by atoms with E-state index in [1.165, 1.54) is 11.8 Å². The van der Waals surface area contributed by atoms with Crippen LogP contribution in [0.1, 0.15) is 24.8 Å². The fourth-order valence-corrected chi connectivity index (χ4v) is 3.60. The first kappa shape index (κ1) is 29.7. The Morgan fingerprint density at radius 3 is 2.11 bits per heavy atom. The zero-order valence-electron chi connectivity index (χ0n) is 19.7. The summed E-state index contributed by atoms with van der Waals surface area (Å²) in [6.07, 6.45) is 2.74. The number of aliphatic carboxylic acids is 1. The second kappa shape index (κ2) is 16.3. The number of hydrogen-bond acceptors (Lipinski definition) is 7. The van der Waals surface area contributed by atoms with Crippen LogP contribution in [0.15, 0.2) is 35.3 Å². The Hall–Kier alpha value is -3.32. The number of benzene rings is 1. The minimum absolute atomic E-state index is 0.0689. The standard InChI is InChI=1S/C22H35N7O5S/c1-35-11-9-16(27-18(30)13-23)20(32)28-15(8-5-10-26-22(24)25)19(31)29-17(21(33)34)12-14-6-3-2-4-7-14/h2-4,6-7,15-17H,5,8-13,23H2,1H3,(H,27,30)(H,28,32)(H,29,31)(H,33,34)(H4,24,25,26). The fourth-order valence-electron chi connectivity index (χ4n) is 3.12. The molecule has 35 heavy (non-hydrogen) atoms. The number of nitrogens with zero attached hydrogens (tertiary/aromatic N) is 1. The molecular formula is C22H35N7O5S. The lowest BCUT2D eigenvalue weighted by atomic mass is 10.0. The summed E-state index contributed by atoms with van der Waals surface area (Å²) in [5.41, 5.74) is 16.7. The zero-order chi connectivity index (χ0) is 26.2. The van der Waals surface area contributed by atoms with Crippen LogP contribution in [-0.4, -0.2) is 78.0 Å². The monoisotopic (exact) mass is 509 g/mol. The molecule has 3 unspecified atom stereocenters. The molecule has 0 spiro atoms. The first-order valence-corrected chi connectivity index (χ1v) is 12.5. The van der Waals surface area contributed by atoms with Crippen molar-refractivity contribution in [2.75, 3.05) is 25.1 Å². The third kappa shape index (κ3) is 12.1. The van der Waals surface area contributed by atoms with Crippen molar-refractivity contribution in [2.24, 2.45) is 22.2 Å². The highest BCUT2D eigenvalue weighted by molar-refractivity contribution is 7.98. The van der Waals surface area contributed by atoms with Crippen molar-refractivity contribution in [3.05, 3.63) is 35.9 Å². The average molecular weight is 510 g/mol. The van der Waals surface area contributed by atoms with E-state index in [1.807, 2.05) is 6.26 Å². The van der Waals surface area contributed by atoms with Gasteiger partial charge in [0.2, 0.25) is 17.7 Å². The summed E-state index contributed by atoms with van der Waals surface area (Å²) in [6.45, 7) is -0.0700. The summed E-state index contributed by atoms with van der Waals surface area (Å²) in [6, 6.07) is 5.69. The van der Waals surface area contributed by atoms with Crippen LogP contribution in [0, 0.1) is 0 Å². The normalized spacial score (nSPS) is 13.1. The zero-order valence-corrected chi connectivity index (χ0v) is 20.6. The highest BCUT2D eigenvalue weighted by atomic mass is 32.2. The summed E-state index contributed by atoms with van der Waals surface area (Å²) in [4.78, 5) is 53.4. The van der Waals surface area contributed by atoms with Gasteiger partial charge in [-0.25, -0.2) is 4.79 Å². The van der Waals surface area contributed by atoms with Crippen molar-refractivity contribution in [1.82, 2.24) is 16.0 Å². The number of nitrogens with one attached hydrogen (secondary N) is 3. The number of aliphatic imine (C=N–C) groups is 1. The van der Waals surface area contributed by atoms with E-state index in [2.05, 4.69) is 20.9 Å². The second-order valence-corrected chi connectivity index (χ2v) is 8.69. The quantitative estimate of drug-likeness (QED) is 0.0785. The summed E-state index contributed by atoms with van der Waals surface area (Å²) in [5.74, 6) is -2.47. The van der Waals surface area contributed by atoms with Gasteiger partial charge in [-0.15, -0.1) is 0 Å². The number of hydrogen-bond donors (Lipinski definition) is 7. The molecule has 1 aromatic rings. The molecule has 0 aliphatic heterocycles. The van der Waals surface area contributed by atoms with E-state index in [9.17, 15) is 24.3 Å². The molecule has 0 heterocycles. The van der Waals surface area contributed by atoms with Gasteiger partial charge in [0, 0.05) is 13.0 Å². The average Bonchev–Trinajstić information content (AvgIpc) is 2.83. The van der Waals surface area contributed by atoms with Gasteiger partial charge in [-0.1, -0.05) is 30.3 Å². The first-order valence-electron chi connectivity index (χ1n) is 11.1. The Morgan fingerprint density at radius 2 is 1.57 bits per heavy atom. The molecule has 0 bridgehead atoms. The Kier molecular flexibility index (Phi) is 13.9. The summed E-state index contributed by atoms with van der Waals surface area (Å²) in [7, 11) is 0. The molecule has 3 atom stereocenters. The number of amides is 3. The van der Waals surface area contributed by atoms with Crippen LogP contribution in [0.5, 0.6) is 0 Å². The minimum Gasteiger partial charge on any atom is -0.480 e. The molecular weight excluding hydrogens is 474 g/mol. The van der Waals surface area contributed by atoms with Crippen LogP contribution in [0.4, 0.5) is 0 Å². The molecule has 13 heteroatoms. The Morgan fingerprint density at radius 1 is 0.971 bits per heavy atom. The minimum atomic E-state index is -1.21. The van der Waals surface area contributed by atoms with Crippen molar-refractivity contribution in [3.8, 4) is 0 Å². The summed E-state index contributed by atoms with van der Waals surface area (Å²) in [5, 5.41) is 17.3. The summed E-state index contributed by atoms with van der Waals surface area (Å²) >= 11 is 1.49. The maximum absolute atomic E-state index is 13.0. The summed E-state index contributed by atoms with van der Waals surface area (Å²) < 4.78 is 0. The van der Waals surface area contributed by atoms with Gasteiger partial charge < -0.3 is 38.3 Å². The number of rotatable bonds is 16. The molecule has 3 amide bonds. The van der Waals surface area contributed by atoms with Crippen molar-refractivity contribution in [2.45, 2.75) is 43.8 Å². The highest BCUT2D eigenvalue weighted by Crippen LogP contribution is 2.07. The van der Waals surface area contributed by atoms with Gasteiger partial charge in [0.05, 0.1) is 6.54 Å². The molecule has 0 saturated heterocycles. The van der Waals surface area contributed by atoms with E-state index < -0.39 is 41.8 Å². The number of nitrogens with two attached hydrogens (primary N) is 3. The van der Waals surface area contributed by atoms with Crippen molar-refractivity contribution >= 4 is 41.4 Å². The van der Waals surface area contributed by atoms with E-state index >= 15 is 0 Å². The number of carbonyl (C=O) groups excluding carboxylic acids is 3. The molecule has 0 fully saturated rings. The molecule has 12 nitrogen and oxygen atoms in total. The smallest absolute Gasteiger partial charge is 0.326 e. The SMILES string of the molecule is CSCCC(NC(=O)CN)C(=O)NC(CCCN=C(N)N)C(=O)NC(Cc1ccccc1)C(=O)O. The third-order valence-corrected chi connectivity index (χ3v) is 5.57. The predicted molar refractivity (Wildman–Crippen MR) is 136 cm³/mol. The second-order valence-electron chi connectivity index (χ2n) is 7.70. The van der Waals surface area contributed by atoms with E-state index in [0.717, 1.165) is 5.56 Å². The molecule has 0 aliphatic carbocycles. The third-order valence-electron chi connectivity index (χ3n) is 4.92. The van der Waals surface area contributed by atoms with Crippen LogP contribution in [0.2, 0.25) is 0 Å². The Balaban J connectivity index is 2.99. The van der Waals surface area contributed by atoms with Crippen molar-refractivity contribution < 1.29 is 24.3 Å². The van der Waals surface area contributed by atoms with Gasteiger partial charge in [0.15, 0.2) is 5.96 Å². The van der Waals surface area contributed by atoms with Gasteiger partial charge in [-0.05, 0) is 36.8 Å². The number of carboxylic acids is 1. The Labute approximate surface area is 208 Å². The number of guanidine groups is 1. The van der Waals surface area contributed by atoms with E-state index in [0.29, 0.717) is 18.6 Å². The van der Waals surface area contributed by atoms with Gasteiger partial charge in [0.25, 0.3) is 0 Å². The molecule has 0 aliphatic rings. The van der Waals surface area contributed by atoms with Crippen LogP contribution < -0.4 is 33.2 Å². The molecule has 0 radical (unpaired) electrons. The lowest BCUT2D eigenvalue weighted by molar-refractivity contribution is -0.142. The number of thioether (sulfide) groups is 1. The largest absolute Gasteiger partial charge is 0.480 e. The topological polar surface area (TPSA) is 215 Å². The number of carboxylic acid groups (broad SMARTS) is 1. The molecule has 0 saturated carbocycles. The maximum Gasteiger partial charge on any atom is 0.326 e. The van der Waals surface area contributed by atoms with Gasteiger partial charge in [-0.2, -0.15) is 11.8 Å². The van der Waals surface area contributed by atoms with Crippen LogP contribution in [0.3, 0.4) is 0 Å². The predicted octanol–water partition coefficient (Wildman–Crippen LogP) is -1.47. The Bertz CT molecular complexity index is 865. The molecule has 10 N–H and O–H groups in total. The van der Waals surface area contributed by atoms with Crippen molar-refractivity contribution in [1.29, 1.82) is 0 Å². The molecule has 1 aromatic carbocycles. The van der Waals surface area contributed by atoms with E-state index in [4.69, 9.17) is 17.2 Å². The number of carbonyl (C=O) groups is 4. The molecule has 194 valence electrons. The van der Waals surface area contributed by atoms with Crippen molar-refractivity contribution in [3.63, 3.8) is 0 Å². The van der Waals surface area contributed by atoms with Gasteiger partial charge >= 0.3 is 5.97 Å². The van der Waals surface area contributed by atoms with Gasteiger partial charge in [0.1, 0.15) is 18.1 Å². The first-order chi connectivity index (χ1) is 16.7. The molecule has 0 aromatic heterocycles. The highest BCUT2D eigenvalue weighted by Gasteiger charge is 2.29. The fraction of sp³-hybridized carbons (Fsp3) is 0.500. The molecule has 1 rings (SSSR count). The van der Waals surface area contributed by atoms with E-state index in [-0.39, 0.29) is 31.9 Å². The maximum atomic E-state index is 13.0. The van der Waals surface area contributed by atoms with Crippen LogP contribution >= 0.6 is 11.8 Å². The lowest BCUT2D eigenvalue weighted by Crippen LogP contribution is -2.56. The van der Waals surface area contributed by atoms with E-state index in [1.54, 1.807) is 30.3 Å². The van der Waals surface area contributed by atoms with Gasteiger partial charge in [-0.3, -0.25) is 19.4 Å². The van der Waals surface area contributed by atoms with Crippen LogP contribution in [0.25, 0.3) is 0 Å². The lowest BCUT2D eigenvalue weighted by Gasteiger charge is -2.24.